The molecule has 2 aromatic heterocycles. The minimum atomic E-state index is 0.873. The number of anilines is 2. The molecule has 0 fully saturated rings. The van der Waals surface area contributed by atoms with Crippen LogP contribution in [0.2, 0.25) is 0 Å². The van der Waals surface area contributed by atoms with Crippen LogP contribution >= 0.6 is 28.6 Å². The van der Waals surface area contributed by atoms with Crippen LogP contribution in [-0.4, -0.2) is 17.0 Å². The van der Waals surface area contributed by atoms with Gasteiger partial charge in [0.2, 0.25) is 0 Å². The molecular weight excluding hydrogens is 420 g/mol. The summed E-state index contributed by atoms with van der Waals surface area (Å²) in [5.74, 6) is 0. The molecule has 0 saturated heterocycles. The number of halogens is 1. The van der Waals surface area contributed by atoms with Crippen LogP contribution in [0.5, 0.6) is 0 Å². The highest BCUT2D eigenvalue weighted by atomic mass is 79.9. The summed E-state index contributed by atoms with van der Waals surface area (Å²) in [4.78, 5) is 8.03. The fraction of sp³-hybridized carbons (Fsp3) is 0.0952. The van der Waals surface area contributed by atoms with Crippen molar-refractivity contribution in [2.45, 2.75) is 11.4 Å². The number of benzene rings is 2. The van der Waals surface area contributed by atoms with E-state index in [-0.39, 0.29) is 0 Å². The van der Waals surface area contributed by atoms with Crippen LogP contribution in [0.3, 0.4) is 0 Å². The van der Waals surface area contributed by atoms with Crippen LogP contribution in [0.4, 0.5) is 11.4 Å². The van der Waals surface area contributed by atoms with Gasteiger partial charge < -0.3 is 15.6 Å². The normalized spacial score (nSPS) is 10.3. The molecule has 0 unspecified atom stereocenters. The number of nitrogens with zero attached hydrogens (tertiary/aromatic N) is 1. The first kappa shape index (κ1) is 19.5. The number of hydrogen-bond acceptors (Lipinski definition) is 4. The number of nitrogens with one attached hydrogen (secondary N) is 3. The Labute approximate surface area is 173 Å². The highest BCUT2D eigenvalue weighted by Gasteiger charge is 2.04. The molecule has 4 nitrogen and oxygen atoms in total. The third-order valence-electron chi connectivity index (χ3n) is 3.89. The smallest absolute Gasteiger partial charge is 0.0478 e. The third-order valence-corrected chi connectivity index (χ3v) is 4.65. The van der Waals surface area contributed by atoms with Crippen molar-refractivity contribution in [2.75, 3.05) is 12.4 Å². The summed E-state index contributed by atoms with van der Waals surface area (Å²) >= 11 is 7.50. The second-order valence-corrected chi connectivity index (χ2v) is 7.38. The first-order valence-electron chi connectivity index (χ1n) is 8.52. The minimum Gasteiger partial charge on any atom is -0.361 e. The van der Waals surface area contributed by atoms with E-state index in [1.165, 1.54) is 10.9 Å². The predicted molar refractivity (Wildman–Crippen MR) is 120 cm³/mol. The molecule has 0 radical (unpaired) electrons. The summed E-state index contributed by atoms with van der Waals surface area (Å²) in [5.41, 5.74) is 4.58. The molecule has 2 heterocycles. The van der Waals surface area contributed by atoms with Crippen LogP contribution in [0.25, 0.3) is 10.9 Å². The zero-order valence-electron chi connectivity index (χ0n) is 14.9. The van der Waals surface area contributed by atoms with Crippen molar-refractivity contribution >= 4 is 50.8 Å². The number of thiol groups is 1. The summed E-state index contributed by atoms with van der Waals surface area (Å²) in [7, 11) is 1.96. The molecule has 0 atom stereocenters. The lowest BCUT2D eigenvalue weighted by atomic mass is 10.1. The Balaban J connectivity index is 0.000000253. The Morgan fingerprint density at radius 1 is 1.07 bits per heavy atom. The van der Waals surface area contributed by atoms with Crippen molar-refractivity contribution in [1.29, 1.82) is 0 Å². The maximum absolute atomic E-state index is 4.02. The molecule has 6 heteroatoms. The quantitative estimate of drug-likeness (QED) is 0.305. The van der Waals surface area contributed by atoms with Gasteiger partial charge in [-0.15, -0.1) is 12.6 Å². The van der Waals surface area contributed by atoms with Crippen LogP contribution < -0.4 is 10.6 Å². The molecule has 3 N–H and O–H groups in total. The molecule has 0 aliphatic rings. The van der Waals surface area contributed by atoms with Crippen molar-refractivity contribution in [3.8, 4) is 0 Å². The summed E-state index contributed by atoms with van der Waals surface area (Å²) < 4.78 is 1.07. The molecule has 0 aliphatic carbocycles. The number of hydrogen-bond donors (Lipinski definition) is 4. The maximum Gasteiger partial charge on any atom is 0.0478 e. The van der Waals surface area contributed by atoms with Crippen LogP contribution in [-0.2, 0) is 6.54 Å². The molecular formula is C21H21BrN4S. The van der Waals surface area contributed by atoms with Gasteiger partial charge in [-0.3, -0.25) is 4.98 Å². The van der Waals surface area contributed by atoms with Crippen molar-refractivity contribution < 1.29 is 0 Å². The Morgan fingerprint density at radius 2 is 1.93 bits per heavy atom. The number of fused-ring (bicyclic) bond motifs is 1. The zero-order chi connectivity index (χ0) is 19.1. The molecule has 0 amide bonds. The van der Waals surface area contributed by atoms with E-state index in [1.54, 1.807) is 12.4 Å². The monoisotopic (exact) mass is 440 g/mol. The Hall–Kier alpha value is -2.28. The van der Waals surface area contributed by atoms with Gasteiger partial charge in [-0.25, -0.2) is 0 Å². The predicted octanol–water partition coefficient (Wildman–Crippen LogP) is 5.76. The van der Waals surface area contributed by atoms with Gasteiger partial charge in [0.25, 0.3) is 0 Å². The molecule has 138 valence electrons. The van der Waals surface area contributed by atoms with Crippen molar-refractivity contribution in [1.82, 2.24) is 15.3 Å². The van der Waals surface area contributed by atoms with Crippen molar-refractivity contribution in [3.05, 3.63) is 83.2 Å². The number of aromatic amines is 1. The van der Waals surface area contributed by atoms with Crippen LogP contribution in [0.1, 0.15) is 5.56 Å². The Kier molecular flexibility index (Phi) is 6.92. The zero-order valence-corrected chi connectivity index (χ0v) is 17.4. The van der Waals surface area contributed by atoms with Gasteiger partial charge in [-0.05, 0) is 55.1 Å². The molecule has 0 saturated carbocycles. The lowest BCUT2D eigenvalue weighted by molar-refractivity contribution is 0.823. The third kappa shape index (κ3) is 5.60. The fourth-order valence-corrected chi connectivity index (χ4v) is 3.24. The fourth-order valence-electron chi connectivity index (χ4n) is 2.69. The lowest BCUT2D eigenvalue weighted by Crippen LogP contribution is -2.03. The van der Waals surface area contributed by atoms with E-state index < -0.39 is 0 Å². The van der Waals surface area contributed by atoms with Gasteiger partial charge in [0.15, 0.2) is 0 Å². The van der Waals surface area contributed by atoms with Crippen molar-refractivity contribution in [2.24, 2.45) is 0 Å². The number of rotatable bonds is 4. The van der Waals surface area contributed by atoms with E-state index in [1.807, 2.05) is 31.3 Å². The number of pyridine rings is 1. The van der Waals surface area contributed by atoms with Crippen molar-refractivity contribution in [3.63, 3.8) is 0 Å². The lowest BCUT2D eigenvalue weighted by Gasteiger charge is -2.07. The first-order chi connectivity index (χ1) is 13.2. The van der Waals surface area contributed by atoms with Gasteiger partial charge in [0, 0.05) is 56.8 Å². The Bertz CT molecular complexity index is 1000. The van der Waals surface area contributed by atoms with E-state index in [0.717, 1.165) is 32.8 Å². The van der Waals surface area contributed by atoms with Gasteiger partial charge in [0.1, 0.15) is 0 Å². The van der Waals surface area contributed by atoms with E-state index in [2.05, 4.69) is 85.7 Å². The molecule has 4 aromatic rings. The van der Waals surface area contributed by atoms with E-state index in [4.69, 9.17) is 0 Å². The SMILES string of the molecule is CNCc1c[nH]c2cc(Nc3cccc(Br)c3)ccc12.Sc1cccnc1. The topological polar surface area (TPSA) is 52.7 Å². The summed E-state index contributed by atoms with van der Waals surface area (Å²) in [6, 6.07) is 18.3. The van der Waals surface area contributed by atoms with Gasteiger partial charge in [-0.1, -0.05) is 28.1 Å². The Morgan fingerprint density at radius 3 is 2.59 bits per heavy atom. The van der Waals surface area contributed by atoms with E-state index in [0.29, 0.717) is 0 Å². The van der Waals surface area contributed by atoms with Gasteiger partial charge >= 0.3 is 0 Å². The van der Waals surface area contributed by atoms with Crippen LogP contribution in [0.15, 0.2) is 82.6 Å². The summed E-state index contributed by atoms with van der Waals surface area (Å²) in [6.07, 6.45) is 5.48. The highest BCUT2D eigenvalue weighted by molar-refractivity contribution is 9.10. The molecule has 2 aromatic carbocycles. The molecule has 0 spiro atoms. The second-order valence-electron chi connectivity index (χ2n) is 5.95. The molecule has 0 bridgehead atoms. The largest absolute Gasteiger partial charge is 0.361 e. The summed E-state index contributed by atoms with van der Waals surface area (Å²) in [6.45, 7) is 0.873. The summed E-state index contributed by atoms with van der Waals surface area (Å²) in [5, 5.41) is 7.86. The van der Waals surface area contributed by atoms with Gasteiger partial charge in [-0.2, -0.15) is 0 Å². The van der Waals surface area contributed by atoms with E-state index in [9.17, 15) is 0 Å². The second kappa shape index (κ2) is 9.60. The average Bonchev–Trinajstić information content (AvgIpc) is 3.06. The maximum atomic E-state index is 4.02. The number of H-pyrrole nitrogens is 1. The highest BCUT2D eigenvalue weighted by Crippen LogP contribution is 2.25. The molecule has 27 heavy (non-hydrogen) atoms. The van der Waals surface area contributed by atoms with Gasteiger partial charge in [0.05, 0.1) is 0 Å². The van der Waals surface area contributed by atoms with Crippen LogP contribution in [0, 0.1) is 0 Å². The van der Waals surface area contributed by atoms with E-state index >= 15 is 0 Å². The molecule has 4 rings (SSSR count). The average molecular weight is 441 g/mol. The molecule has 0 aliphatic heterocycles. The first-order valence-corrected chi connectivity index (χ1v) is 9.76. The minimum absolute atomic E-state index is 0.873. The number of aromatic nitrogens is 2. The standard InChI is InChI=1S/C16H16BrN3.C5H5NS/c1-18-9-11-10-19-16-8-14(5-6-15(11)16)20-13-4-2-3-12(17)7-13;7-5-2-1-3-6-4-5/h2-8,10,18-20H,9H2,1H3;1-4,7H.